The zero-order valence-electron chi connectivity index (χ0n) is 18.9. The second kappa shape index (κ2) is 10.7. The van der Waals surface area contributed by atoms with E-state index in [0.717, 1.165) is 16.7 Å². The van der Waals surface area contributed by atoms with Crippen molar-refractivity contribution in [2.24, 2.45) is 0 Å². The second-order valence-electron chi connectivity index (χ2n) is 7.91. The molecule has 0 bridgehead atoms. The molecule has 1 fully saturated rings. The Hall–Kier alpha value is -3.00. The number of urea groups is 1. The van der Waals surface area contributed by atoms with E-state index in [1.807, 2.05) is 31.2 Å². The molecule has 6 nitrogen and oxygen atoms in total. The summed E-state index contributed by atoms with van der Waals surface area (Å²) in [6.07, 6.45) is 1.60. The molecule has 3 aromatic carbocycles. The Morgan fingerprint density at radius 1 is 1.03 bits per heavy atom. The standard InChI is InChI=1S/C26H21BrCl2N2O4/c1-15-3-5-16(6-4-15)13-31-25(32)22(30-26(31)33)9-18-10-23(34-2)24(12-20(18)27)35-14-17-7-8-19(28)11-21(17)29/h3-12H,13-14H2,1-2H3,(H,30,33)/b22-9+. The third-order valence-electron chi connectivity index (χ3n) is 5.40. The number of ether oxygens (including phenoxy) is 2. The number of aryl methyl sites for hydroxylation is 1. The minimum atomic E-state index is -0.468. The molecule has 1 N–H and O–H groups in total. The van der Waals surface area contributed by atoms with Crippen molar-refractivity contribution in [3.63, 3.8) is 0 Å². The number of benzene rings is 3. The summed E-state index contributed by atoms with van der Waals surface area (Å²) in [5.74, 6) is 0.535. The molecule has 35 heavy (non-hydrogen) atoms. The van der Waals surface area contributed by atoms with Crippen LogP contribution in [0.4, 0.5) is 4.79 Å². The van der Waals surface area contributed by atoms with Gasteiger partial charge in [-0.05, 0) is 48.4 Å². The Morgan fingerprint density at radius 3 is 2.46 bits per heavy atom. The van der Waals surface area contributed by atoms with Crippen molar-refractivity contribution >= 4 is 57.1 Å². The van der Waals surface area contributed by atoms with Crippen molar-refractivity contribution in [3.8, 4) is 11.5 Å². The quantitative estimate of drug-likeness (QED) is 0.250. The lowest BCUT2D eigenvalue weighted by Gasteiger charge is -2.14. The number of rotatable bonds is 7. The lowest BCUT2D eigenvalue weighted by molar-refractivity contribution is -0.123. The third kappa shape index (κ3) is 5.81. The summed E-state index contributed by atoms with van der Waals surface area (Å²) in [7, 11) is 1.52. The lowest BCUT2D eigenvalue weighted by Crippen LogP contribution is -2.30. The highest BCUT2D eigenvalue weighted by molar-refractivity contribution is 9.10. The molecule has 0 spiro atoms. The first kappa shape index (κ1) is 25.1. The third-order valence-corrected chi connectivity index (χ3v) is 6.68. The van der Waals surface area contributed by atoms with Crippen LogP contribution >= 0.6 is 39.1 Å². The number of methoxy groups -OCH3 is 1. The van der Waals surface area contributed by atoms with Crippen LogP contribution in [-0.4, -0.2) is 23.9 Å². The maximum absolute atomic E-state index is 12.9. The van der Waals surface area contributed by atoms with Crippen molar-refractivity contribution in [2.45, 2.75) is 20.1 Å². The number of amides is 3. The van der Waals surface area contributed by atoms with Crippen LogP contribution in [0.15, 0.2) is 64.8 Å². The van der Waals surface area contributed by atoms with Gasteiger partial charge in [-0.1, -0.05) is 75.0 Å². The van der Waals surface area contributed by atoms with E-state index in [0.29, 0.717) is 31.6 Å². The van der Waals surface area contributed by atoms with Crippen molar-refractivity contribution in [2.75, 3.05) is 7.11 Å². The molecule has 3 aromatic rings. The molecular weight excluding hydrogens is 555 g/mol. The van der Waals surface area contributed by atoms with Crippen molar-refractivity contribution in [3.05, 3.63) is 97.1 Å². The van der Waals surface area contributed by atoms with Crippen LogP contribution in [0.2, 0.25) is 10.0 Å². The predicted molar refractivity (Wildman–Crippen MR) is 140 cm³/mol. The Bertz CT molecular complexity index is 1330. The molecule has 1 saturated heterocycles. The van der Waals surface area contributed by atoms with E-state index in [9.17, 15) is 9.59 Å². The van der Waals surface area contributed by atoms with E-state index >= 15 is 0 Å². The fourth-order valence-electron chi connectivity index (χ4n) is 3.47. The molecule has 0 radical (unpaired) electrons. The lowest BCUT2D eigenvalue weighted by atomic mass is 10.1. The fraction of sp³-hybridized carbons (Fsp3) is 0.154. The summed E-state index contributed by atoms with van der Waals surface area (Å²) in [5, 5.41) is 3.70. The van der Waals surface area contributed by atoms with Crippen molar-refractivity contribution in [1.29, 1.82) is 0 Å². The van der Waals surface area contributed by atoms with E-state index < -0.39 is 11.9 Å². The van der Waals surface area contributed by atoms with Gasteiger partial charge in [0.25, 0.3) is 5.91 Å². The van der Waals surface area contributed by atoms with Crippen molar-refractivity contribution < 1.29 is 19.1 Å². The summed E-state index contributed by atoms with van der Waals surface area (Å²) in [5.41, 5.74) is 3.55. The van der Waals surface area contributed by atoms with E-state index in [-0.39, 0.29) is 18.8 Å². The molecule has 3 amide bonds. The zero-order valence-corrected chi connectivity index (χ0v) is 22.0. The van der Waals surface area contributed by atoms with Gasteiger partial charge in [-0.2, -0.15) is 0 Å². The molecule has 0 saturated carbocycles. The minimum absolute atomic E-state index is 0.173. The van der Waals surface area contributed by atoms with Gasteiger partial charge >= 0.3 is 6.03 Å². The topological polar surface area (TPSA) is 67.9 Å². The van der Waals surface area contributed by atoms with Gasteiger partial charge in [0.15, 0.2) is 11.5 Å². The molecular formula is C26H21BrCl2N2O4. The van der Waals surface area contributed by atoms with Crippen LogP contribution in [0.3, 0.4) is 0 Å². The molecule has 9 heteroatoms. The SMILES string of the molecule is COc1cc(/C=C2/NC(=O)N(Cc3ccc(C)cc3)C2=O)c(Br)cc1OCc1ccc(Cl)cc1Cl. The number of carbonyl (C=O) groups is 2. The summed E-state index contributed by atoms with van der Waals surface area (Å²) in [6.45, 7) is 2.38. The molecule has 0 aliphatic carbocycles. The summed E-state index contributed by atoms with van der Waals surface area (Å²) >= 11 is 15.7. The Labute approximate surface area is 221 Å². The number of carbonyl (C=O) groups excluding carboxylic acids is 2. The van der Waals surface area contributed by atoms with Crippen molar-refractivity contribution in [1.82, 2.24) is 10.2 Å². The first-order valence-corrected chi connectivity index (χ1v) is 12.1. The van der Waals surface area contributed by atoms with Gasteiger partial charge in [-0.15, -0.1) is 0 Å². The zero-order chi connectivity index (χ0) is 25.1. The maximum atomic E-state index is 12.9. The van der Waals surface area contributed by atoms with Crippen LogP contribution in [0.25, 0.3) is 6.08 Å². The molecule has 1 aliphatic heterocycles. The normalized spacial score (nSPS) is 14.4. The molecule has 0 unspecified atom stereocenters. The van der Waals surface area contributed by atoms with Gasteiger partial charge in [0, 0.05) is 20.1 Å². The van der Waals surface area contributed by atoms with E-state index in [1.54, 1.807) is 36.4 Å². The van der Waals surface area contributed by atoms with Gasteiger partial charge in [0.2, 0.25) is 0 Å². The number of halogens is 3. The van der Waals surface area contributed by atoms with Crippen LogP contribution < -0.4 is 14.8 Å². The average molecular weight is 576 g/mol. The Morgan fingerprint density at radius 2 is 1.77 bits per heavy atom. The number of imide groups is 1. The molecule has 1 heterocycles. The fourth-order valence-corrected chi connectivity index (χ4v) is 4.37. The number of hydrogen-bond donors (Lipinski definition) is 1. The largest absolute Gasteiger partial charge is 0.493 e. The average Bonchev–Trinajstić information content (AvgIpc) is 3.08. The molecule has 1 aliphatic rings. The smallest absolute Gasteiger partial charge is 0.329 e. The van der Waals surface area contributed by atoms with E-state index in [2.05, 4.69) is 21.2 Å². The summed E-state index contributed by atoms with van der Waals surface area (Å²) < 4.78 is 12.1. The second-order valence-corrected chi connectivity index (χ2v) is 9.61. The van der Waals surface area contributed by atoms with E-state index in [1.165, 1.54) is 12.0 Å². The number of nitrogens with one attached hydrogen (secondary N) is 1. The van der Waals surface area contributed by atoms with E-state index in [4.69, 9.17) is 32.7 Å². The van der Waals surface area contributed by atoms with Crippen LogP contribution in [0.5, 0.6) is 11.5 Å². The Kier molecular flexibility index (Phi) is 7.69. The number of nitrogens with zero attached hydrogens (tertiary/aromatic N) is 1. The monoisotopic (exact) mass is 574 g/mol. The highest BCUT2D eigenvalue weighted by atomic mass is 79.9. The molecule has 0 atom stereocenters. The molecule has 0 aromatic heterocycles. The highest BCUT2D eigenvalue weighted by Gasteiger charge is 2.33. The van der Waals surface area contributed by atoms with Crippen LogP contribution in [0, 0.1) is 6.92 Å². The first-order chi connectivity index (χ1) is 16.7. The van der Waals surface area contributed by atoms with Gasteiger partial charge in [-0.25, -0.2) is 4.79 Å². The van der Waals surface area contributed by atoms with Crippen LogP contribution in [0.1, 0.15) is 22.3 Å². The summed E-state index contributed by atoms with van der Waals surface area (Å²) in [6, 6.07) is 15.9. The molecule has 4 rings (SSSR count). The summed E-state index contributed by atoms with van der Waals surface area (Å²) in [4.78, 5) is 26.6. The van der Waals surface area contributed by atoms with Crippen LogP contribution in [-0.2, 0) is 17.9 Å². The number of hydrogen-bond acceptors (Lipinski definition) is 4. The minimum Gasteiger partial charge on any atom is -0.493 e. The van der Waals surface area contributed by atoms with Gasteiger partial charge < -0.3 is 14.8 Å². The van der Waals surface area contributed by atoms with Gasteiger partial charge in [-0.3, -0.25) is 9.69 Å². The first-order valence-electron chi connectivity index (χ1n) is 10.6. The predicted octanol–water partition coefficient (Wildman–Crippen LogP) is 6.74. The van der Waals surface area contributed by atoms with Gasteiger partial charge in [0.1, 0.15) is 12.3 Å². The highest BCUT2D eigenvalue weighted by Crippen LogP contribution is 2.36. The van der Waals surface area contributed by atoms with Gasteiger partial charge in [0.05, 0.1) is 13.7 Å². The molecule has 180 valence electrons. The Balaban J connectivity index is 1.53. The maximum Gasteiger partial charge on any atom is 0.329 e.